The summed E-state index contributed by atoms with van der Waals surface area (Å²) in [5.41, 5.74) is 2.49. The maximum Gasteiger partial charge on any atom is 0.262 e. The van der Waals surface area contributed by atoms with Gasteiger partial charge in [-0.3, -0.25) is 9.52 Å². The van der Waals surface area contributed by atoms with E-state index in [0.29, 0.717) is 22.9 Å². The number of nitrogens with zero attached hydrogens (tertiary/aromatic N) is 1. The molecule has 30 heavy (non-hydrogen) atoms. The van der Waals surface area contributed by atoms with Crippen LogP contribution < -0.4 is 10.0 Å². The molecule has 1 heterocycles. The maximum atomic E-state index is 12.9. The summed E-state index contributed by atoms with van der Waals surface area (Å²) in [5.74, 6) is -0.232. The maximum absolute atomic E-state index is 12.9. The second kappa shape index (κ2) is 9.18. The highest BCUT2D eigenvalue weighted by Crippen LogP contribution is 2.22. The van der Waals surface area contributed by atoms with Crippen LogP contribution >= 0.6 is 0 Å². The minimum absolute atomic E-state index is 0.111. The number of hydrogen-bond acceptors (Lipinski definition) is 4. The summed E-state index contributed by atoms with van der Waals surface area (Å²) in [4.78, 5) is 15.3. The van der Waals surface area contributed by atoms with Crippen LogP contribution in [0.5, 0.6) is 0 Å². The van der Waals surface area contributed by atoms with E-state index >= 15 is 0 Å². The molecular formula is C23H31N3O3S. The zero-order chi connectivity index (χ0) is 21.9. The van der Waals surface area contributed by atoms with Crippen LogP contribution in [0.2, 0.25) is 0 Å². The standard InChI is InChI=1S/C23H31N3O3S/c1-16(2)26-13-11-20(12-14-26)24-23(27)19-8-7-18(4)22(15-19)30(28,29)25-21-9-5-17(3)6-10-21/h5-10,15-16,20,25H,11-14H2,1-4H3,(H,24,27). The molecule has 7 heteroatoms. The van der Waals surface area contributed by atoms with E-state index in [0.717, 1.165) is 31.5 Å². The fraction of sp³-hybridized carbons (Fsp3) is 0.435. The topological polar surface area (TPSA) is 78.5 Å². The Morgan fingerprint density at radius 2 is 1.67 bits per heavy atom. The molecule has 0 spiro atoms. The van der Waals surface area contributed by atoms with Crippen molar-refractivity contribution in [2.24, 2.45) is 0 Å². The summed E-state index contributed by atoms with van der Waals surface area (Å²) in [7, 11) is -3.80. The minimum Gasteiger partial charge on any atom is -0.349 e. The smallest absolute Gasteiger partial charge is 0.262 e. The van der Waals surface area contributed by atoms with E-state index in [2.05, 4.69) is 28.8 Å². The Morgan fingerprint density at radius 1 is 1.03 bits per heavy atom. The van der Waals surface area contributed by atoms with Gasteiger partial charge in [0.1, 0.15) is 0 Å². The number of nitrogens with one attached hydrogen (secondary N) is 2. The number of carbonyl (C=O) groups is 1. The first-order valence-electron chi connectivity index (χ1n) is 10.4. The number of rotatable bonds is 6. The third kappa shape index (κ3) is 5.40. The monoisotopic (exact) mass is 429 g/mol. The molecule has 2 aromatic rings. The van der Waals surface area contributed by atoms with Gasteiger partial charge in [0, 0.05) is 36.4 Å². The van der Waals surface area contributed by atoms with Crippen molar-refractivity contribution in [3.8, 4) is 0 Å². The molecule has 0 saturated carbocycles. The molecule has 0 radical (unpaired) electrons. The number of benzene rings is 2. The molecule has 1 fully saturated rings. The molecule has 162 valence electrons. The third-order valence-corrected chi connectivity index (χ3v) is 7.16. The number of sulfonamides is 1. The van der Waals surface area contributed by atoms with Gasteiger partial charge in [-0.2, -0.15) is 0 Å². The number of aryl methyl sites for hydroxylation is 2. The van der Waals surface area contributed by atoms with Crippen molar-refractivity contribution >= 4 is 21.6 Å². The number of piperidine rings is 1. The van der Waals surface area contributed by atoms with Gasteiger partial charge < -0.3 is 10.2 Å². The Labute approximate surface area is 179 Å². The van der Waals surface area contributed by atoms with Crippen LogP contribution in [0.15, 0.2) is 47.4 Å². The van der Waals surface area contributed by atoms with Crippen LogP contribution in [0, 0.1) is 13.8 Å². The normalized spacial score (nSPS) is 15.9. The fourth-order valence-electron chi connectivity index (χ4n) is 3.69. The summed E-state index contributed by atoms with van der Waals surface area (Å²) in [6.07, 6.45) is 1.80. The Morgan fingerprint density at radius 3 is 2.27 bits per heavy atom. The third-order valence-electron chi connectivity index (χ3n) is 5.64. The summed E-state index contributed by atoms with van der Waals surface area (Å²) >= 11 is 0. The van der Waals surface area contributed by atoms with E-state index < -0.39 is 10.0 Å². The van der Waals surface area contributed by atoms with Gasteiger partial charge in [-0.25, -0.2) is 8.42 Å². The predicted molar refractivity (Wildman–Crippen MR) is 120 cm³/mol. The summed E-state index contributed by atoms with van der Waals surface area (Å²) in [6.45, 7) is 9.94. The highest BCUT2D eigenvalue weighted by Gasteiger charge is 2.24. The zero-order valence-corrected chi connectivity index (χ0v) is 18.9. The van der Waals surface area contributed by atoms with Crippen molar-refractivity contribution in [3.63, 3.8) is 0 Å². The van der Waals surface area contributed by atoms with E-state index in [9.17, 15) is 13.2 Å². The number of carbonyl (C=O) groups excluding carboxylic acids is 1. The van der Waals surface area contributed by atoms with Crippen molar-refractivity contribution in [2.75, 3.05) is 17.8 Å². The van der Waals surface area contributed by atoms with Crippen molar-refractivity contribution in [1.82, 2.24) is 10.2 Å². The highest BCUT2D eigenvalue weighted by atomic mass is 32.2. The molecule has 0 bridgehead atoms. The van der Waals surface area contributed by atoms with Crippen molar-refractivity contribution in [1.29, 1.82) is 0 Å². The van der Waals surface area contributed by atoms with Gasteiger partial charge >= 0.3 is 0 Å². The summed E-state index contributed by atoms with van der Waals surface area (Å²) in [6, 6.07) is 12.6. The Balaban J connectivity index is 1.72. The zero-order valence-electron chi connectivity index (χ0n) is 18.1. The van der Waals surface area contributed by atoms with Gasteiger partial charge in [0.2, 0.25) is 0 Å². The first-order valence-corrected chi connectivity index (χ1v) is 11.9. The van der Waals surface area contributed by atoms with Crippen molar-refractivity contribution < 1.29 is 13.2 Å². The molecule has 0 unspecified atom stereocenters. The van der Waals surface area contributed by atoms with E-state index in [4.69, 9.17) is 0 Å². The van der Waals surface area contributed by atoms with Crippen LogP contribution in [0.3, 0.4) is 0 Å². The SMILES string of the molecule is Cc1ccc(NS(=O)(=O)c2cc(C(=O)NC3CCN(C(C)C)CC3)ccc2C)cc1. The average molecular weight is 430 g/mol. The molecule has 2 aromatic carbocycles. The second-order valence-electron chi connectivity index (χ2n) is 8.33. The van der Waals surface area contributed by atoms with Crippen LogP contribution in [0.25, 0.3) is 0 Å². The molecule has 1 amide bonds. The number of amides is 1. The molecule has 1 aliphatic heterocycles. The van der Waals surface area contributed by atoms with E-state index in [-0.39, 0.29) is 16.8 Å². The first kappa shape index (κ1) is 22.3. The van der Waals surface area contributed by atoms with Crippen molar-refractivity contribution in [3.05, 3.63) is 59.2 Å². The molecule has 6 nitrogen and oxygen atoms in total. The summed E-state index contributed by atoms with van der Waals surface area (Å²) in [5, 5.41) is 3.07. The molecular weight excluding hydrogens is 398 g/mol. The van der Waals surface area contributed by atoms with Crippen LogP contribution in [-0.2, 0) is 10.0 Å². The van der Waals surface area contributed by atoms with Crippen LogP contribution in [-0.4, -0.2) is 44.4 Å². The first-order chi connectivity index (χ1) is 14.2. The lowest BCUT2D eigenvalue weighted by Gasteiger charge is -2.34. The number of hydrogen-bond donors (Lipinski definition) is 2. The molecule has 2 N–H and O–H groups in total. The predicted octanol–water partition coefficient (Wildman–Crippen LogP) is 3.71. The van der Waals surface area contributed by atoms with Crippen LogP contribution in [0.4, 0.5) is 5.69 Å². The Kier molecular flexibility index (Phi) is 6.83. The number of anilines is 1. The molecule has 0 aromatic heterocycles. The lowest BCUT2D eigenvalue weighted by molar-refractivity contribution is 0.0900. The summed E-state index contributed by atoms with van der Waals surface area (Å²) < 4.78 is 28.4. The lowest BCUT2D eigenvalue weighted by atomic mass is 10.0. The average Bonchev–Trinajstić information content (AvgIpc) is 2.70. The minimum atomic E-state index is -3.80. The van der Waals surface area contributed by atoms with Gasteiger partial charge in [0.25, 0.3) is 15.9 Å². The van der Waals surface area contributed by atoms with E-state index in [1.165, 1.54) is 6.07 Å². The van der Waals surface area contributed by atoms with Gasteiger partial charge in [-0.1, -0.05) is 23.8 Å². The lowest BCUT2D eigenvalue weighted by Crippen LogP contribution is -2.46. The Hall–Kier alpha value is -2.38. The van der Waals surface area contributed by atoms with Gasteiger partial charge in [-0.15, -0.1) is 0 Å². The van der Waals surface area contributed by atoms with E-state index in [1.54, 1.807) is 31.2 Å². The largest absolute Gasteiger partial charge is 0.349 e. The molecule has 0 atom stereocenters. The van der Waals surface area contributed by atoms with Crippen molar-refractivity contribution in [2.45, 2.75) is 57.5 Å². The van der Waals surface area contributed by atoms with Gasteiger partial charge in [0.15, 0.2) is 0 Å². The molecule has 1 aliphatic rings. The molecule has 3 rings (SSSR count). The second-order valence-corrected chi connectivity index (χ2v) is 9.98. The van der Waals surface area contributed by atoms with Crippen LogP contribution in [0.1, 0.15) is 48.2 Å². The number of likely N-dealkylation sites (tertiary alicyclic amines) is 1. The van der Waals surface area contributed by atoms with Gasteiger partial charge in [0.05, 0.1) is 4.90 Å². The highest BCUT2D eigenvalue weighted by molar-refractivity contribution is 7.92. The molecule has 1 saturated heterocycles. The Bertz CT molecular complexity index is 993. The quantitative estimate of drug-likeness (QED) is 0.734. The van der Waals surface area contributed by atoms with Gasteiger partial charge in [-0.05, 0) is 70.4 Å². The molecule has 0 aliphatic carbocycles. The fourth-order valence-corrected chi connectivity index (χ4v) is 5.02. The van der Waals surface area contributed by atoms with E-state index in [1.807, 2.05) is 19.1 Å².